The van der Waals surface area contributed by atoms with Crippen LogP contribution in [-0.2, 0) is 4.74 Å². The molecule has 21 heavy (non-hydrogen) atoms. The van der Waals surface area contributed by atoms with Crippen molar-refractivity contribution in [1.82, 2.24) is 10.6 Å². The summed E-state index contributed by atoms with van der Waals surface area (Å²) in [4.78, 5) is 11.4. The van der Waals surface area contributed by atoms with E-state index in [1.807, 2.05) is 0 Å². The maximum Gasteiger partial charge on any atom is 0.314 e. The van der Waals surface area contributed by atoms with E-state index in [1.54, 1.807) is 32.4 Å². The maximum absolute atomic E-state index is 11.4. The zero-order chi connectivity index (χ0) is 15.7. The molecule has 0 radical (unpaired) electrons. The van der Waals surface area contributed by atoms with Crippen LogP contribution in [0.25, 0.3) is 0 Å². The molecule has 0 aliphatic heterocycles. The molecule has 0 heterocycles. The summed E-state index contributed by atoms with van der Waals surface area (Å²) in [5, 5.41) is 15.2. The minimum atomic E-state index is -0.835. The standard InChI is InChI=1S/C14H22N2O5/c1-19-7-6-15-14(18)16-9-11(17)10-4-5-12(20-2)13(8-10)21-3/h4-5,8,11,17H,6-7,9H2,1-3H3,(H2,15,16,18)/t11-/m0/s1. The fraction of sp³-hybridized carbons (Fsp3) is 0.500. The van der Waals surface area contributed by atoms with Crippen molar-refractivity contribution in [2.75, 3.05) is 41.0 Å². The lowest BCUT2D eigenvalue weighted by Gasteiger charge is -2.15. The second kappa shape index (κ2) is 9.04. The average molecular weight is 298 g/mol. The lowest BCUT2D eigenvalue weighted by Crippen LogP contribution is -2.39. The lowest BCUT2D eigenvalue weighted by molar-refractivity contribution is 0.170. The molecule has 0 bridgehead atoms. The van der Waals surface area contributed by atoms with E-state index in [2.05, 4.69) is 10.6 Å². The van der Waals surface area contributed by atoms with E-state index in [1.165, 1.54) is 7.11 Å². The molecule has 1 atom stereocenters. The van der Waals surface area contributed by atoms with E-state index >= 15 is 0 Å². The summed E-state index contributed by atoms with van der Waals surface area (Å²) in [6, 6.07) is 4.74. The molecule has 0 aliphatic rings. The van der Waals surface area contributed by atoms with Gasteiger partial charge in [0, 0.05) is 20.2 Å². The number of nitrogens with one attached hydrogen (secondary N) is 2. The van der Waals surface area contributed by atoms with Crippen molar-refractivity contribution in [2.24, 2.45) is 0 Å². The molecule has 0 saturated carbocycles. The summed E-state index contributed by atoms with van der Waals surface area (Å²) in [5.74, 6) is 1.11. The molecule has 0 saturated heterocycles. The first kappa shape index (κ1) is 17.1. The summed E-state index contributed by atoms with van der Waals surface area (Å²) >= 11 is 0. The van der Waals surface area contributed by atoms with E-state index in [9.17, 15) is 9.90 Å². The third kappa shape index (κ3) is 5.49. The van der Waals surface area contributed by atoms with Crippen molar-refractivity contribution < 1.29 is 24.1 Å². The molecule has 7 nitrogen and oxygen atoms in total. The van der Waals surface area contributed by atoms with E-state index < -0.39 is 6.10 Å². The van der Waals surface area contributed by atoms with Gasteiger partial charge in [-0.05, 0) is 17.7 Å². The molecule has 0 fully saturated rings. The molecule has 1 rings (SSSR count). The highest BCUT2D eigenvalue weighted by molar-refractivity contribution is 5.73. The van der Waals surface area contributed by atoms with Crippen LogP contribution in [0.5, 0.6) is 11.5 Å². The van der Waals surface area contributed by atoms with Gasteiger partial charge in [-0.3, -0.25) is 0 Å². The van der Waals surface area contributed by atoms with Crippen molar-refractivity contribution in [3.63, 3.8) is 0 Å². The molecular weight excluding hydrogens is 276 g/mol. The number of aliphatic hydroxyl groups excluding tert-OH is 1. The van der Waals surface area contributed by atoms with Gasteiger partial charge in [-0.1, -0.05) is 6.07 Å². The number of benzene rings is 1. The number of methoxy groups -OCH3 is 3. The van der Waals surface area contributed by atoms with Crippen molar-refractivity contribution in [3.8, 4) is 11.5 Å². The Kier molecular flexibility index (Phi) is 7.34. The fourth-order valence-electron chi connectivity index (χ4n) is 1.70. The first-order chi connectivity index (χ1) is 10.1. The first-order valence-electron chi connectivity index (χ1n) is 6.53. The second-order valence-electron chi connectivity index (χ2n) is 4.26. The Labute approximate surface area is 124 Å². The van der Waals surface area contributed by atoms with Crippen molar-refractivity contribution in [2.45, 2.75) is 6.10 Å². The number of hydrogen-bond acceptors (Lipinski definition) is 5. The molecule has 0 aromatic heterocycles. The minimum Gasteiger partial charge on any atom is -0.493 e. The summed E-state index contributed by atoms with van der Waals surface area (Å²) in [5.41, 5.74) is 0.629. The fourth-order valence-corrected chi connectivity index (χ4v) is 1.70. The number of carbonyl (C=O) groups is 1. The second-order valence-corrected chi connectivity index (χ2v) is 4.26. The number of urea groups is 1. The molecule has 1 aromatic rings. The Bertz CT molecular complexity index is 453. The molecule has 7 heteroatoms. The Morgan fingerprint density at radius 3 is 2.52 bits per heavy atom. The van der Waals surface area contributed by atoms with E-state index in [-0.39, 0.29) is 12.6 Å². The van der Waals surface area contributed by atoms with Crippen molar-refractivity contribution in [1.29, 1.82) is 0 Å². The maximum atomic E-state index is 11.4. The van der Waals surface area contributed by atoms with Gasteiger partial charge in [0.25, 0.3) is 0 Å². The van der Waals surface area contributed by atoms with Gasteiger partial charge >= 0.3 is 6.03 Å². The van der Waals surface area contributed by atoms with Crippen LogP contribution in [0.1, 0.15) is 11.7 Å². The third-order valence-corrected chi connectivity index (χ3v) is 2.84. The number of amides is 2. The zero-order valence-corrected chi connectivity index (χ0v) is 12.5. The molecule has 1 aromatic carbocycles. The van der Waals surface area contributed by atoms with Crippen LogP contribution in [-0.4, -0.2) is 52.2 Å². The Morgan fingerprint density at radius 1 is 1.19 bits per heavy atom. The largest absolute Gasteiger partial charge is 0.493 e. The normalized spacial score (nSPS) is 11.6. The summed E-state index contributed by atoms with van der Waals surface area (Å²) in [6.07, 6.45) is -0.835. The first-order valence-corrected chi connectivity index (χ1v) is 6.53. The van der Waals surface area contributed by atoms with E-state index in [0.29, 0.717) is 30.2 Å². The van der Waals surface area contributed by atoms with Crippen molar-refractivity contribution >= 4 is 6.03 Å². The molecule has 118 valence electrons. The molecule has 0 unspecified atom stereocenters. The molecule has 0 spiro atoms. The quantitative estimate of drug-likeness (QED) is 0.614. The highest BCUT2D eigenvalue weighted by Gasteiger charge is 2.12. The lowest BCUT2D eigenvalue weighted by atomic mass is 10.1. The van der Waals surface area contributed by atoms with E-state index in [4.69, 9.17) is 14.2 Å². The number of ether oxygens (including phenoxy) is 3. The Hall–Kier alpha value is -1.99. The van der Waals surface area contributed by atoms with Crippen LogP contribution in [0.2, 0.25) is 0 Å². The number of aliphatic hydroxyl groups is 1. The van der Waals surface area contributed by atoms with Gasteiger partial charge in [-0.2, -0.15) is 0 Å². The summed E-state index contributed by atoms with van der Waals surface area (Å²) in [6.45, 7) is 0.939. The average Bonchev–Trinajstić information content (AvgIpc) is 2.52. The molecular formula is C14H22N2O5. The van der Waals surface area contributed by atoms with Crippen LogP contribution < -0.4 is 20.1 Å². The van der Waals surface area contributed by atoms with Crippen molar-refractivity contribution in [3.05, 3.63) is 23.8 Å². The Morgan fingerprint density at radius 2 is 1.90 bits per heavy atom. The van der Waals surface area contributed by atoms with Crippen LogP contribution in [0.3, 0.4) is 0 Å². The molecule has 3 N–H and O–H groups in total. The van der Waals surface area contributed by atoms with E-state index in [0.717, 1.165) is 0 Å². The van der Waals surface area contributed by atoms with Gasteiger partial charge in [0.2, 0.25) is 0 Å². The van der Waals surface area contributed by atoms with Gasteiger partial charge < -0.3 is 30.0 Å². The van der Waals surface area contributed by atoms with Gasteiger partial charge in [0.05, 0.1) is 26.9 Å². The number of carbonyl (C=O) groups excluding carboxylic acids is 1. The topological polar surface area (TPSA) is 89.1 Å². The Balaban J connectivity index is 2.51. The predicted octanol–water partition coefficient (Wildman–Crippen LogP) is 0.683. The summed E-state index contributed by atoms with van der Waals surface area (Å²) < 4.78 is 15.1. The SMILES string of the molecule is COCCNC(=O)NC[C@H](O)c1ccc(OC)c(OC)c1. The third-order valence-electron chi connectivity index (χ3n) is 2.84. The smallest absolute Gasteiger partial charge is 0.314 e. The summed E-state index contributed by atoms with van der Waals surface area (Å²) in [7, 11) is 4.62. The predicted molar refractivity (Wildman–Crippen MR) is 77.8 cm³/mol. The highest BCUT2D eigenvalue weighted by atomic mass is 16.5. The van der Waals surface area contributed by atoms with Crippen LogP contribution in [0.15, 0.2) is 18.2 Å². The van der Waals surface area contributed by atoms with Gasteiger partial charge in [0.1, 0.15) is 0 Å². The van der Waals surface area contributed by atoms with Crippen LogP contribution in [0.4, 0.5) is 4.79 Å². The van der Waals surface area contributed by atoms with Gasteiger partial charge in [-0.15, -0.1) is 0 Å². The molecule has 0 aliphatic carbocycles. The number of hydrogen-bond donors (Lipinski definition) is 3. The highest BCUT2D eigenvalue weighted by Crippen LogP contribution is 2.29. The minimum absolute atomic E-state index is 0.0916. The van der Waals surface area contributed by atoms with Gasteiger partial charge in [-0.25, -0.2) is 4.79 Å². The van der Waals surface area contributed by atoms with Crippen LogP contribution in [0, 0.1) is 0 Å². The molecule has 2 amide bonds. The van der Waals surface area contributed by atoms with Crippen LogP contribution >= 0.6 is 0 Å². The monoisotopic (exact) mass is 298 g/mol. The van der Waals surface area contributed by atoms with Gasteiger partial charge in [0.15, 0.2) is 11.5 Å². The number of rotatable bonds is 8. The zero-order valence-electron chi connectivity index (χ0n) is 12.5.